The van der Waals surface area contributed by atoms with Gasteiger partial charge in [-0.25, -0.2) is 0 Å². The number of nitrogens with zero attached hydrogens (tertiary/aromatic N) is 2. The van der Waals surface area contributed by atoms with Crippen LogP contribution in [-0.2, 0) is 0 Å². The summed E-state index contributed by atoms with van der Waals surface area (Å²) in [5.41, 5.74) is 2.67. The molecule has 6 heteroatoms. The molecule has 5 nitrogen and oxygen atoms in total. The standard InChI is InChI=1S/C21H25N3O2S/c1-14(2)26-18-9-7-17(8-10-18)21(25)22-13-19(20-6-5-11-27-20)24-16(4)12-15(3)23-24/h5-12,14,19H,13H2,1-4H3,(H,22,25). The summed E-state index contributed by atoms with van der Waals surface area (Å²) in [7, 11) is 0. The molecule has 0 aliphatic rings. The van der Waals surface area contributed by atoms with Gasteiger partial charge >= 0.3 is 0 Å². The second kappa shape index (κ2) is 8.39. The second-order valence-corrected chi connectivity index (χ2v) is 7.78. The van der Waals surface area contributed by atoms with Crippen LogP contribution in [0.15, 0.2) is 47.8 Å². The Labute approximate surface area is 164 Å². The van der Waals surface area contributed by atoms with Crippen LogP contribution in [0.25, 0.3) is 0 Å². The maximum Gasteiger partial charge on any atom is 0.251 e. The predicted molar refractivity (Wildman–Crippen MR) is 109 cm³/mol. The number of nitrogens with one attached hydrogen (secondary N) is 1. The van der Waals surface area contributed by atoms with Crippen LogP contribution < -0.4 is 10.1 Å². The van der Waals surface area contributed by atoms with Crippen molar-refractivity contribution in [3.8, 4) is 5.75 Å². The van der Waals surface area contributed by atoms with Crippen molar-refractivity contribution in [1.82, 2.24) is 15.1 Å². The van der Waals surface area contributed by atoms with Gasteiger partial charge in [-0.3, -0.25) is 9.48 Å². The smallest absolute Gasteiger partial charge is 0.251 e. The molecule has 1 amide bonds. The molecule has 1 N–H and O–H groups in total. The quantitative estimate of drug-likeness (QED) is 0.659. The summed E-state index contributed by atoms with van der Waals surface area (Å²) >= 11 is 1.67. The van der Waals surface area contributed by atoms with Gasteiger partial charge in [0.2, 0.25) is 0 Å². The fourth-order valence-corrected chi connectivity index (χ4v) is 3.81. The van der Waals surface area contributed by atoms with Crippen LogP contribution in [0.2, 0.25) is 0 Å². The molecule has 3 aromatic rings. The lowest BCUT2D eigenvalue weighted by molar-refractivity contribution is 0.0949. The minimum Gasteiger partial charge on any atom is -0.491 e. The zero-order valence-corrected chi connectivity index (χ0v) is 16.9. The van der Waals surface area contributed by atoms with E-state index in [0.29, 0.717) is 12.1 Å². The van der Waals surface area contributed by atoms with Crippen LogP contribution in [0.3, 0.4) is 0 Å². The molecule has 2 aromatic heterocycles. The summed E-state index contributed by atoms with van der Waals surface area (Å²) < 4.78 is 7.61. The zero-order valence-electron chi connectivity index (χ0n) is 16.1. The number of amides is 1. The van der Waals surface area contributed by atoms with Gasteiger partial charge in [-0.2, -0.15) is 5.10 Å². The number of carbonyl (C=O) groups is 1. The largest absolute Gasteiger partial charge is 0.491 e. The molecule has 0 radical (unpaired) electrons. The Kier molecular flexibility index (Phi) is 5.96. The first kappa shape index (κ1) is 19.2. The Hall–Kier alpha value is -2.60. The molecule has 3 rings (SSSR count). The molecule has 1 aromatic carbocycles. The lowest BCUT2D eigenvalue weighted by Gasteiger charge is -2.19. The lowest BCUT2D eigenvalue weighted by atomic mass is 10.2. The van der Waals surface area contributed by atoms with Crippen LogP contribution >= 0.6 is 11.3 Å². The Balaban J connectivity index is 1.72. The van der Waals surface area contributed by atoms with E-state index in [-0.39, 0.29) is 18.1 Å². The zero-order chi connectivity index (χ0) is 19.4. The molecule has 1 atom stereocenters. The van der Waals surface area contributed by atoms with Gasteiger partial charge in [0.15, 0.2) is 0 Å². The normalized spacial score (nSPS) is 12.2. The van der Waals surface area contributed by atoms with Crippen LogP contribution in [0.5, 0.6) is 5.75 Å². The maximum atomic E-state index is 12.6. The van der Waals surface area contributed by atoms with Crippen molar-refractivity contribution in [1.29, 1.82) is 0 Å². The lowest BCUT2D eigenvalue weighted by Crippen LogP contribution is -2.31. The maximum absolute atomic E-state index is 12.6. The summed E-state index contributed by atoms with van der Waals surface area (Å²) in [4.78, 5) is 13.8. The van der Waals surface area contributed by atoms with Crippen molar-refractivity contribution in [2.24, 2.45) is 0 Å². The van der Waals surface area contributed by atoms with Crippen molar-refractivity contribution in [3.05, 3.63) is 69.7 Å². The Morgan fingerprint density at radius 3 is 2.52 bits per heavy atom. The Morgan fingerprint density at radius 1 is 1.22 bits per heavy atom. The van der Waals surface area contributed by atoms with Gasteiger partial charge in [-0.1, -0.05) is 6.07 Å². The highest BCUT2D eigenvalue weighted by Crippen LogP contribution is 2.24. The van der Waals surface area contributed by atoms with Gasteiger partial charge in [0.25, 0.3) is 5.91 Å². The molecular formula is C21H25N3O2S. The van der Waals surface area contributed by atoms with Crippen LogP contribution in [0, 0.1) is 13.8 Å². The van der Waals surface area contributed by atoms with Crippen LogP contribution in [0.4, 0.5) is 0 Å². The monoisotopic (exact) mass is 383 g/mol. The summed E-state index contributed by atoms with van der Waals surface area (Å²) in [6, 6.07) is 13.4. The number of thiophene rings is 1. The molecule has 0 saturated carbocycles. The molecule has 0 fully saturated rings. The molecule has 0 aliphatic heterocycles. The van der Waals surface area contributed by atoms with Gasteiger partial charge in [-0.15, -0.1) is 11.3 Å². The van der Waals surface area contributed by atoms with Gasteiger partial charge in [-0.05, 0) is 69.5 Å². The molecule has 27 heavy (non-hydrogen) atoms. The first-order valence-electron chi connectivity index (χ1n) is 9.05. The number of benzene rings is 1. The third-order valence-electron chi connectivity index (χ3n) is 4.16. The number of ether oxygens (including phenoxy) is 1. The van der Waals surface area contributed by atoms with E-state index in [0.717, 1.165) is 17.1 Å². The van der Waals surface area contributed by atoms with Crippen LogP contribution in [-0.4, -0.2) is 28.3 Å². The average molecular weight is 384 g/mol. The van der Waals surface area contributed by atoms with Gasteiger partial charge in [0, 0.05) is 22.7 Å². The third kappa shape index (κ3) is 4.77. The van der Waals surface area contributed by atoms with E-state index in [1.165, 1.54) is 4.88 Å². The van der Waals surface area contributed by atoms with E-state index in [9.17, 15) is 4.79 Å². The molecule has 0 saturated heterocycles. The third-order valence-corrected chi connectivity index (χ3v) is 5.13. The topological polar surface area (TPSA) is 56.2 Å². The highest BCUT2D eigenvalue weighted by molar-refractivity contribution is 7.10. The van der Waals surface area contributed by atoms with E-state index in [1.54, 1.807) is 23.5 Å². The predicted octanol–water partition coefficient (Wildman–Crippen LogP) is 4.37. The Bertz CT molecular complexity index is 883. The van der Waals surface area contributed by atoms with Gasteiger partial charge < -0.3 is 10.1 Å². The first-order valence-corrected chi connectivity index (χ1v) is 9.93. The van der Waals surface area contributed by atoms with Crippen molar-refractivity contribution < 1.29 is 9.53 Å². The van der Waals surface area contributed by atoms with E-state index < -0.39 is 0 Å². The van der Waals surface area contributed by atoms with E-state index in [2.05, 4.69) is 22.5 Å². The number of aromatic nitrogens is 2. The molecule has 0 bridgehead atoms. The van der Waals surface area contributed by atoms with Gasteiger partial charge in [0.1, 0.15) is 11.8 Å². The minimum absolute atomic E-state index is 0.0220. The number of carbonyl (C=O) groups excluding carboxylic acids is 1. The number of hydrogen-bond acceptors (Lipinski definition) is 4. The summed E-state index contributed by atoms with van der Waals surface area (Å²) in [5.74, 6) is 0.662. The molecule has 2 heterocycles. The summed E-state index contributed by atoms with van der Waals surface area (Å²) in [6.07, 6.45) is 0.108. The number of aryl methyl sites for hydroxylation is 2. The van der Waals surface area contributed by atoms with Crippen molar-refractivity contribution in [3.63, 3.8) is 0 Å². The first-order chi connectivity index (χ1) is 12.9. The summed E-state index contributed by atoms with van der Waals surface area (Å²) in [6.45, 7) is 8.45. The van der Waals surface area contributed by atoms with Crippen LogP contribution in [0.1, 0.15) is 46.5 Å². The number of hydrogen-bond donors (Lipinski definition) is 1. The summed E-state index contributed by atoms with van der Waals surface area (Å²) in [5, 5.41) is 9.71. The van der Waals surface area contributed by atoms with E-state index in [4.69, 9.17) is 4.74 Å². The minimum atomic E-state index is -0.103. The van der Waals surface area contributed by atoms with E-state index >= 15 is 0 Å². The van der Waals surface area contributed by atoms with Crippen molar-refractivity contribution in [2.45, 2.75) is 39.8 Å². The molecule has 0 spiro atoms. The SMILES string of the molecule is Cc1cc(C)n(C(CNC(=O)c2ccc(OC(C)C)cc2)c2cccs2)n1. The molecule has 0 aliphatic carbocycles. The molecule has 142 valence electrons. The Morgan fingerprint density at radius 2 is 1.96 bits per heavy atom. The molecular weight excluding hydrogens is 358 g/mol. The number of rotatable bonds is 7. The molecule has 1 unspecified atom stereocenters. The average Bonchev–Trinajstić information content (AvgIpc) is 3.25. The highest BCUT2D eigenvalue weighted by atomic mass is 32.1. The van der Waals surface area contributed by atoms with Gasteiger partial charge in [0.05, 0.1) is 11.8 Å². The fourth-order valence-electron chi connectivity index (χ4n) is 3.00. The second-order valence-electron chi connectivity index (χ2n) is 6.80. The van der Waals surface area contributed by atoms with Crippen molar-refractivity contribution >= 4 is 17.2 Å². The fraction of sp³-hybridized carbons (Fsp3) is 0.333. The highest BCUT2D eigenvalue weighted by Gasteiger charge is 2.19. The van der Waals surface area contributed by atoms with E-state index in [1.807, 2.05) is 56.0 Å². The van der Waals surface area contributed by atoms with Crippen molar-refractivity contribution in [2.75, 3.05) is 6.54 Å².